The third-order valence-corrected chi connectivity index (χ3v) is 5.31. The molecule has 0 saturated carbocycles. The molecule has 0 radical (unpaired) electrons. The van der Waals surface area contributed by atoms with E-state index in [1.54, 1.807) is 12.1 Å². The highest BCUT2D eigenvalue weighted by Crippen LogP contribution is 2.23. The van der Waals surface area contributed by atoms with Crippen LogP contribution < -0.4 is 20.3 Å². The Morgan fingerprint density at radius 1 is 0.844 bits per heavy atom. The molecule has 2 aromatic carbocycles. The van der Waals surface area contributed by atoms with Crippen molar-refractivity contribution in [2.24, 2.45) is 9.98 Å². The molecule has 32 heavy (non-hydrogen) atoms. The summed E-state index contributed by atoms with van der Waals surface area (Å²) in [5.74, 6) is 1.41. The van der Waals surface area contributed by atoms with Crippen LogP contribution in [0.2, 0.25) is 10.0 Å². The summed E-state index contributed by atoms with van der Waals surface area (Å²) < 4.78 is 22.5. The summed E-state index contributed by atoms with van der Waals surface area (Å²) in [5, 5.41) is 1.24. The molecule has 170 valence electrons. The second kappa shape index (κ2) is 11.2. The fourth-order valence-corrected chi connectivity index (χ4v) is 3.48. The lowest BCUT2D eigenvalue weighted by Crippen LogP contribution is -2.41. The van der Waals surface area contributed by atoms with Crippen molar-refractivity contribution >= 4 is 35.2 Å². The fraction of sp³-hybridized carbons (Fsp3) is 0.364. The van der Waals surface area contributed by atoms with Crippen molar-refractivity contribution in [3.05, 3.63) is 58.6 Å². The van der Waals surface area contributed by atoms with Crippen LogP contribution in [0.4, 0.5) is 0 Å². The molecule has 0 spiro atoms. The van der Waals surface area contributed by atoms with Gasteiger partial charge in [-0.3, -0.25) is 0 Å². The molecule has 2 unspecified atom stereocenters. The predicted octanol–water partition coefficient (Wildman–Crippen LogP) is 3.84. The van der Waals surface area contributed by atoms with Crippen molar-refractivity contribution in [2.75, 3.05) is 26.4 Å². The maximum atomic E-state index is 6.09. The molecular weight excluding hydrogens is 455 g/mol. The van der Waals surface area contributed by atoms with Crippen LogP contribution in [0, 0.1) is 0 Å². The first-order chi connectivity index (χ1) is 15.7. The third kappa shape index (κ3) is 6.58. The molecule has 8 nitrogen and oxygen atoms in total. The highest BCUT2D eigenvalue weighted by molar-refractivity contribution is 6.32. The molecule has 2 heterocycles. The van der Waals surface area contributed by atoms with Gasteiger partial charge in [0.15, 0.2) is 0 Å². The maximum Gasteiger partial charge on any atom is 0.304 e. The molecular formula is C22H24Cl2N4O4. The number of ether oxygens (including phenoxy) is 4. The molecule has 0 amide bonds. The molecule has 2 aliphatic heterocycles. The smallest absolute Gasteiger partial charge is 0.304 e. The van der Waals surface area contributed by atoms with Crippen molar-refractivity contribution in [3.63, 3.8) is 0 Å². The summed E-state index contributed by atoms with van der Waals surface area (Å²) in [6.07, 6.45) is 1.44. The van der Waals surface area contributed by atoms with E-state index in [2.05, 4.69) is 20.8 Å². The average molecular weight is 479 g/mol. The molecule has 2 aliphatic rings. The van der Waals surface area contributed by atoms with Gasteiger partial charge in [0.1, 0.15) is 24.7 Å². The van der Waals surface area contributed by atoms with Crippen molar-refractivity contribution in [2.45, 2.75) is 24.9 Å². The van der Waals surface area contributed by atoms with Crippen molar-refractivity contribution in [1.29, 1.82) is 0 Å². The molecule has 2 N–H and O–H groups in total. The van der Waals surface area contributed by atoms with Gasteiger partial charge in [-0.05, 0) is 30.3 Å². The third-order valence-electron chi connectivity index (χ3n) is 4.76. The van der Waals surface area contributed by atoms with Crippen LogP contribution in [0.5, 0.6) is 11.5 Å². The van der Waals surface area contributed by atoms with E-state index in [4.69, 9.17) is 42.1 Å². The number of hydrogen-bond acceptors (Lipinski definition) is 8. The number of para-hydroxylation sites is 1. The van der Waals surface area contributed by atoms with Gasteiger partial charge in [0, 0.05) is 17.9 Å². The molecule has 4 rings (SSSR count). The Morgan fingerprint density at radius 2 is 1.50 bits per heavy atom. The lowest BCUT2D eigenvalue weighted by atomic mass is 10.2. The molecule has 0 fully saturated rings. The van der Waals surface area contributed by atoms with Gasteiger partial charge in [-0.15, -0.1) is 0 Å². The van der Waals surface area contributed by atoms with E-state index in [0.717, 1.165) is 12.2 Å². The largest absolute Gasteiger partial charge is 0.493 e. The van der Waals surface area contributed by atoms with Gasteiger partial charge in [0.25, 0.3) is 0 Å². The predicted molar refractivity (Wildman–Crippen MR) is 124 cm³/mol. The Bertz CT molecular complexity index is 972. The zero-order valence-corrected chi connectivity index (χ0v) is 18.8. The first-order valence-corrected chi connectivity index (χ1v) is 11.1. The molecule has 2 atom stereocenters. The number of nitrogens with one attached hydrogen (secondary N) is 2. The Labute approximate surface area is 196 Å². The van der Waals surface area contributed by atoms with Crippen molar-refractivity contribution in [1.82, 2.24) is 10.9 Å². The monoisotopic (exact) mass is 478 g/mol. The summed E-state index contributed by atoms with van der Waals surface area (Å²) in [5.41, 5.74) is 5.79. The van der Waals surface area contributed by atoms with Crippen molar-refractivity contribution in [3.8, 4) is 11.5 Å². The summed E-state index contributed by atoms with van der Waals surface area (Å²) in [4.78, 5) is 8.96. The van der Waals surface area contributed by atoms with Gasteiger partial charge in [0.05, 0.1) is 30.3 Å². The molecule has 0 aromatic heterocycles. The van der Waals surface area contributed by atoms with Gasteiger partial charge >= 0.3 is 12.0 Å². The molecule has 2 aromatic rings. The molecule has 0 saturated heterocycles. The van der Waals surface area contributed by atoms with Gasteiger partial charge in [0.2, 0.25) is 0 Å². The number of aliphatic imine (C=N–C) groups is 2. The van der Waals surface area contributed by atoms with Crippen LogP contribution in [0.25, 0.3) is 0 Å². The highest BCUT2D eigenvalue weighted by Gasteiger charge is 2.22. The number of hydrogen-bond donors (Lipinski definition) is 2. The number of rotatable bonds is 8. The van der Waals surface area contributed by atoms with Crippen LogP contribution in [-0.2, 0) is 9.47 Å². The number of benzene rings is 2. The second-order valence-corrected chi connectivity index (χ2v) is 8.05. The first kappa shape index (κ1) is 22.4. The lowest BCUT2D eigenvalue weighted by Gasteiger charge is -2.08. The number of nitrogens with zero attached hydrogens (tertiary/aromatic N) is 2. The quantitative estimate of drug-likeness (QED) is 0.560. The van der Waals surface area contributed by atoms with E-state index in [9.17, 15) is 0 Å². The Hall–Kier alpha value is -2.84. The zero-order valence-electron chi connectivity index (χ0n) is 17.3. The zero-order chi connectivity index (χ0) is 22.2. The SMILES string of the molecule is Clc1cccc(OCCC2COC(NNC3=NC(CCOc4ccccc4Cl)CO3)=N2)c1. The van der Waals surface area contributed by atoms with Gasteiger partial charge < -0.3 is 18.9 Å². The van der Waals surface area contributed by atoms with E-state index in [-0.39, 0.29) is 12.1 Å². The van der Waals surface area contributed by atoms with E-state index in [1.165, 1.54) is 0 Å². The van der Waals surface area contributed by atoms with Gasteiger partial charge in [-0.2, -0.15) is 0 Å². The summed E-state index contributed by atoms with van der Waals surface area (Å²) in [6, 6.07) is 15.5. The Balaban J connectivity index is 1.13. The van der Waals surface area contributed by atoms with Gasteiger partial charge in [-0.25, -0.2) is 20.8 Å². The van der Waals surface area contributed by atoms with Crippen LogP contribution in [0.3, 0.4) is 0 Å². The van der Waals surface area contributed by atoms with Crippen LogP contribution >= 0.6 is 23.2 Å². The Morgan fingerprint density at radius 3 is 2.16 bits per heavy atom. The lowest BCUT2D eigenvalue weighted by molar-refractivity contribution is 0.254. The summed E-state index contributed by atoms with van der Waals surface area (Å²) >= 11 is 12.0. The minimum Gasteiger partial charge on any atom is -0.493 e. The van der Waals surface area contributed by atoms with E-state index >= 15 is 0 Å². The van der Waals surface area contributed by atoms with Crippen LogP contribution in [-0.4, -0.2) is 50.6 Å². The second-order valence-electron chi connectivity index (χ2n) is 7.21. The van der Waals surface area contributed by atoms with E-state index in [1.807, 2.05) is 36.4 Å². The molecule has 0 bridgehead atoms. The number of halogens is 2. The Kier molecular flexibility index (Phi) is 7.79. The average Bonchev–Trinajstić information content (AvgIpc) is 3.43. The number of amidine groups is 2. The fourth-order valence-electron chi connectivity index (χ4n) is 3.11. The minimum absolute atomic E-state index is 0.00427. The van der Waals surface area contributed by atoms with E-state index in [0.29, 0.717) is 60.7 Å². The summed E-state index contributed by atoms with van der Waals surface area (Å²) in [7, 11) is 0. The normalized spacial score (nSPS) is 19.4. The highest BCUT2D eigenvalue weighted by atomic mass is 35.5. The molecule has 10 heteroatoms. The molecule has 0 aliphatic carbocycles. The first-order valence-electron chi connectivity index (χ1n) is 10.3. The van der Waals surface area contributed by atoms with Crippen molar-refractivity contribution < 1.29 is 18.9 Å². The van der Waals surface area contributed by atoms with Gasteiger partial charge in [-0.1, -0.05) is 41.4 Å². The number of hydrazine groups is 1. The summed E-state index contributed by atoms with van der Waals surface area (Å²) in [6.45, 7) is 1.98. The minimum atomic E-state index is 0.00427. The van der Waals surface area contributed by atoms with E-state index < -0.39 is 0 Å². The maximum absolute atomic E-state index is 6.09. The van der Waals surface area contributed by atoms with Crippen LogP contribution in [0.15, 0.2) is 58.5 Å². The van der Waals surface area contributed by atoms with Crippen LogP contribution in [0.1, 0.15) is 12.8 Å². The topological polar surface area (TPSA) is 85.7 Å². The standard InChI is InChI=1S/C22H24Cl2N4O4/c23-15-4-3-5-18(12-15)29-10-8-16-13-31-21(25-16)27-28-22-26-17(14-32-22)9-11-30-20-7-2-1-6-19(20)24/h1-7,12,16-17H,8-11,13-14H2,(H,25,27)(H,26,28).